The van der Waals surface area contributed by atoms with Crippen molar-refractivity contribution in [2.24, 2.45) is 0 Å². The molecule has 34 heavy (non-hydrogen) atoms. The minimum atomic E-state index is -0.571. The van der Waals surface area contributed by atoms with Gasteiger partial charge in [0.25, 0.3) is 5.91 Å². The van der Waals surface area contributed by atoms with Gasteiger partial charge in [0.1, 0.15) is 16.5 Å². The highest BCUT2D eigenvalue weighted by molar-refractivity contribution is 7.17. The summed E-state index contributed by atoms with van der Waals surface area (Å²) in [6, 6.07) is 4.21. The van der Waals surface area contributed by atoms with Gasteiger partial charge in [-0.3, -0.25) is 4.79 Å². The Morgan fingerprint density at radius 1 is 1.18 bits per heavy atom. The maximum absolute atomic E-state index is 12.7. The lowest BCUT2D eigenvalue weighted by molar-refractivity contribution is 0.0196. The summed E-state index contributed by atoms with van der Waals surface area (Å²) in [6.07, 6.45) is 5.27. The topological polar surface area (TPSA) is 115 Å². The van der Waals surface area contributed by atoms with Gasteiger partial charge in [-0.15, -0.1) is 11.3 Å². The van der Waals surface area contributed by atoms with E-state index in [0.29, 0.717) is 11.6 Å². The van der Waals surface area contributed by atoms with Crippen LogP contribution in [0.4, 0.5) is 16.8 Å². The van der Waals surface area contributed by atoms with Crippen molar-refractivity contribution in [3.8, 4) is 0 Å². The summed E-state index contributed by atoms with van der Waals surface area (Å²) < 4.78 is 5.36. The largest absolute Gasteiger partial charge is 0.390 e. The van der Waals surface area contributed by atoms with Gasteiger partial charge in [-0.05, 0) is 88.6 Å². The molecule has 4 heterocycles. The first-order valence-corrected chi connectivity index (χ1v) is 13.5. The second-order valence-corrected chi connectivity index (χ2v) is 11.4. The molecule has 0 unspecified atom stereocenters. The van der Waals surface area contributed by atoms with Crippen LogP contribution in [0.2, 0.25) is 0 Å². The third kappa shape index (κ3) is 5.48. The number of piperidine rings is 1. The number of anilines is 3. The Morgan fingerprint density at radius 3 is 2.71 bits per heavy atom. The van der Waals surface area contributed by atoms with E-state index in [0.717, 1.165) is 72.7 Å². The average molecular weight is 502 g/mol. The van der Waals surface area contributed by atoms with Gasteiger partial charge in [-0.25, -0.2) is 4.98 Å². The van der Waals surface area contributed by atoms with Gasteiger partial charge in [0.05, 0.1) is 15.8 Å². The van der Waals surface area contributed by atoms with E-state index in [-0.39, 0.29) is 18.0 Å². The van der Waals surface area contributed by atoms with Crippen molar-refractivity contribution >= 4 is 55.8 Å². The SMILES string of the molecule is CN1CCC(NC(=O)c2cc(Nc3nc(NC4CCC(C)(O)CC4)c4sccc4n3)sn2)CC1. The average Bonchev–Trinajstić information content (AvgIpc) is 3.47. The van der Waals surface area contributed by atoms with Gasteiger partial charge < -0.3 is 26.0 Å². The molecule has 3 aromatic heterocycles. The summed E-state index contributed by atoms with van der Waals surface area (Å²) in [5.41, 5.74) is 0.714. The van der Waals surface area contributed by atoms with Crippen molar-refractivity contribution in [2.45, 2.75) is 63.1 Å². The molecule has 1 saturated heterocycles. The molecule has 2 aliphatic rings. The van der Waals surface area contributed by atoms with E-state index in [1.807, 2.05) is 18.4 Å². The monoisotopic (exact) mass is 501 g/mol. The number of carbonyl (C=O) groups is 1. The summed E-state index contributed by atoms with van der Waals surface area (Å²) in [4.78, 5) is 24.3. The predicted molar refractivity (Wildman–Crippen MR) is 137 cm³/mol. The van der Waals surface area contributed by atoms with E-state index in [2.05, 4.69) is 37.3 Å². The molecule has 0 atom stereocenters. The number of nitrogens with one attached hydrogen (secondary N) is 3. The zero-order chi connectivity index (χ0) is 23.7. The zero-order valence-electron chi connectivity index (χ0n) is 19.5. The van der Waals surface area contributed by atoms with Crippen molar-refractivity contribution in [2.75, 3.05) is 30.8 Å². The summed E-state index contributed by atoms with van der Waals surface area (Å²) in [5, 5.41) is 22.9. The Hall–Kier alpha value is -2.34. The summed E-state index contributed by atoms with van der Waals surface area (Å²) in [5.74, 6) is 1.14. The molecule has 5 rings (SSSR count). The number of aliphatic hydroxyl groups is 1. The Balaban J connectivity index is 1.26. The molecule has 0 bridgehead atoms. The van der Waals surface area contributed by atoms with Crippen molar-refractivity contribution in [3.05, 3.63) is 23.2 Å². The number of carbonyl (C=O) groups excluding carboxylic acids is 1. The molecule has 1 aliphatic carbocycles. The number of hydrogen-bond donors (Lipinski definition) is 4. The fourth-order valence-corrected chi connectivity index (χ4v) is 5.98. The maximum atomic E-state index is 12.7. The van der Waals surface area contributed by atoms with Crippen LogP contribution in [0.1, 0.15) is 55.9 Å². The van der Waals surface area contributed by atoms with Gasteiger partial charge in [0.2, 0.25) is 5.95 Å². The molecular formula is C23H31N7O2S2. The molecular weight excluding hydrogens is 470 g/mol. The lowest BCUT2D eigenvalue weighted by atomic mass is 9.84. The number of amides is 1. The highest BCUT2D eigenvalue weighted by Gasteiger charge is 2.29. The normalized spacial score (nSPS) is 24.3. The molecule has 182 valence electrons. The molecule has 1 amide bonds. The van der Waals surface area contributed by atoms with Gasteiger partial charge in [0, 0.05) is 18.2 Å². The second-order valence-electron chi connectivity index (χ2n) is 9.70. The summed E-state index contributed by atoms with van der Waals surface area (Å²) in [6.45, 7) is 3.90. The minimum Gasteiger partial charge on any atom is -0.390 e. The Morgan fingerprint density at radius 2 is 1.94 bits per heavy atom. The smallest absolute Gasteiger partial charge is 0.271 e. The summed E-state index contributed by atoms with van der Waals surface area (Å²) in [7, 11) is 2.10. The van der Waals surface area contributed by atoms with E-state index in [1.54, 1.807) is 17.4 Å². The fraction of sp³-hybridized carbons (Fsp3) is 0.565. The van der Waals surface area contributed by atoms with Crippen molar-refractivity contribution < 1.29 is 9.90 Å². The van der Waals surface area contributed by atoms with Crippen LogP contribution >= 0.6 is 22.9 Å². The van der Waals surface area contributed by atoms with Gasteiger partial charge in [-0.1, -0.05) is 0 Å². The lowest BCUT2D eigenvalue weighted by Gasteiger charge is -2.33. The highest BCUT2D eigenvalue weighted by Crippen LogP contribution is 2.33. The Labute approximate surface area is 207 Å². The minimum absolute atomic E-state index is 0.136. The van der Waals surface area contributed by atoms with Crippen LogP contribution in [0, 0.1) is 0 Å². The molecule has 0 radical (unpaired) electrons. The zero-order valence-corrected chi connectivity index (χ0v) is 21.1. The van der Waals surface area contributed by atoms with Crippen molar-refractivity contribution in [3.63, 3.8) is 0 Å². The molecule has 1 aliphatic heterocycles. The molecule has 11 heteroatoms. The van der Waals surface area contributed by atoms with Gasteiger partial charge in [0.15, 0.2) is 0 Å². The van der Waals surface area contributed by atoms with Crippen LogP contribution in [0.3, 0.4) is 0 Å². The van der Waals surface area contributed by atoms with Crippen LogP contribution in [0.25, 0.3) is 10.2 Å². The highest BCUT2D eigenvalue weighted by atomic mass is 32.1. The van der Waals surface area contributed by atoms with E-state index in [1.165, 1.54) is 11.5 Å². The lowest BCUT2D eigenvalue weighted by Crippen LogP contribution is -2.43. The molecule has 0 aromatic carbocycles. The number of nitrogens with zero attached hydrogens (tertiary/aromatic N) is 4. The number of thiophene rings is 1. The van der Waals surface area contributed by atoms with E-state index in [4.69, 9.17) is 4.98 Å². The van der Waals surface area contributed by atoms with Crippen LogP contribution in [-0.2, 0) is 0 Å². The predicted octanol–water partition coefficient (Wildman–Crippen LogP) is 3.82. The van der Waals surface area contributed by atoms with E-state index >= 15 is 0 Å². The molecule has 1 saturated carbocycles. The van der Waals surface area contributed by atoms with Gasteiger partial charge >= 0.3 is 0 Å². The Kier molecular flexibility index (Phi) is 6.70. The second kappa shape index (κ2) is 9.73. The number of aromatic nitrogens is 3. The number of likely N-dealkylation sites (tertiary alicyclic amines) is 1. The van der Waals surface area contributed by atoms with Crippen LogP contribution < -0.4 is 16.0 Å². The first-order chi connectivity index (χ1) is 16.3. The van der Waals surface area contributed by atoms with E-state index in [9.17, 15) is 9.90 Å². The molecule has 2 fully saturated rings. The van der Waals surface area contributed by atoms with Crippen molar-refractivity contribution in [1.29, 1.82) is 0 Å². The molecule has 9 nitrogen and oxygen atoms in total. The number of fused-ring (bicyclic) bond motifs is 1. The van der Waals surface area contributed by atoms with Crippen LogP contribution in [0.5, 0.6) is 0 Å². The number of hydrogen-bond acceptors (Lipinski definition) is 10. The molecule has 4 N–H and O–H groups in total. The fourth-order valence-electron chi connectivity index (χ4n) is 4.56. The van der Waals surface area contributed by atoms with Crippen LogP contribution in [-0.4, -0.2) is 68.1 Å². The first-order valence-electron chi connectivity index (χ1n) is 11.8. The standard InChI is InChI=1S/C23H31N7O2S2/c1-23(32)8-3-14(4-9-23)24-20-19-16(7-12-33-19)26-22(28-20)27-18-13-17(29-34-18)21(31)25-15-5-10-30(2)11-6-15/h7,12-15,32H,3-6,8-11H2,1-2H3,(H,25,31)(H2,24,26,27,28). The van der Waals surface area contributed by atoms with Gasteiger partial charge in [-0.2, -0.15) is 9.36 Å². The van der Waals surface area contributed by atoms with Crippen molar-refractivity contribution in [1.82, 2.24) is 24.6 Å². The summed E-state index contributed by atoms with van der Waals surface area (Å²) >= 11 is 2.84. The first kappa shape index (κ1) is 23.4. The van der Waals surface area contributed by atoms with Crippen LogP contribution in [0.15, 0.2) is 17.5 Å². The maximum Gasteiger partial charge on any atom is 0.271 e. The Bertz CT molecular complexity index is 1140. The quantitative estimate of drug-likeness (QED) is 0.403. The van der Waals surface area contributed by atoms with E-state index < -0.39 is 5.60 Å². The molecule has 0 spiro atoms. The molecule has 3 aromatic rings. The third-order valence-electron chi connectivity index (χ3n) is 6.74. The number of rotatable bonds is 6. The third-order valence-corrected chi connectivity index (χ3v) is 8.35.